The highest BCUT2D eigenvalue weighted by Crippen LogP contribution is 2.05. The summed E-state index contributed by atoms with van der Waals surface area (Å²) in [5.41, 5.74) is 0. The van der Waals surface area contributed by atoms with E-state index in [-0.39, 0.29) is 0 Å². The van der Waals surface area contributed by atoms with Crippen molar-refractivity contribution in [2.24, 2.45) is 0 Å². The fourth-order valence-corrected chi connectivity index (χ4v) is 1.83. The van der Waals surface area contributed by atoms with Crippen LogP contribution in [-0.4, -0.2) is 62.7 Å². The second kappa shape index (κ2) is 5.58. The fraction of sp³-hybridized carbons (Fsp3) is 1.00. The summed E-state index contributed by atoms with van der Waals surface area (Å²) >= 11 is 0. The summed E-state index contributed by atoms with van der Waals surface area (Å²) in [7, 11) is 4.28. The maximum Gasteiger partial charge on any atom is 0.0219 e. The zero-order chi connectivity index (χ0) is 9.68. The van der Waals surface area contributed by atoms with E-state index in [1.54, 1.807) is 0 Å². The molecule has 3 heteroatoms. The van der Waals surface area contributed by atoms with E-state index in [1.807, 2.05) is 0 Å². The molecule has 1 atom stereocenters. The van der Waals surface area contributed by atoms with Gasteiger partial charge in [0.25, 0.3) is 0 Å². The third-order valence-electron chi connectivity index (χ3n) is 2.78. The molecule has 0 bridgehead atoms. The molecule has 0 radical (unpaired) electrons. The van der Waals surface area contributed by atoms with Crippen LogP contribution in [0.15, 0.2) is 0 Å². The maximum atomic E-state index is 3.45. The summed E-state index contributed by atoms with van der Waals surface area (Å²) < 4.78 is 0. The molecule has 0 aliphatic carbocycles. The standard InChI is InChI=1S/C10H23N3/c1-4-10-9-11-5-6-13(10)8-7-12(2)3/h10-11H,4-9H2,1-3H3. The smallest absolute Gasteiger partial charge is 0.0219 e. The first kappa shape index (κ1) is 11.0. The second-order valence-corrected chi connectivity index (χ2v) is 4.11. The van der Waals surface area contributed by atoms with Gasteiger partial charge < -0.3 is 10.2 Å². The van der Waals surface area contributed by atoms with Gasteiger partial charge in [-0.1, -0.05) is 6.92 Å². The van der Waals surface area contributed by atoms with Crippen LogP contribution in [0.2, 0.25) is 0 Å². The number of nitrogens with zero attached hydrogens (tertiary/aromatic N) is 2. The average molecular weight is 185 g/mol. The van der Waals surface area contributed by atoms with Gasteiger partial charge in [0, 0.05) is 38.8 Å². The molecule has 0 saturated carbocycles. The maximum absolute atomic E-state index is 3.45. The van der Waals surface area contributed by atoms with Crippen molar-refractivity contribution in [1.29, 1.82) is 0 Å². The molecule has 0 amide bonds. The van der Waals surface area contributed by atoms with Crippen molar-refractivity contribution in [3.63, 3.8) is 0 Å². The molecule has 1 heterocycles. The van der Waals surface area contributed by atoms with E-state index in [0.717, 1.165) is 12.6 Å². The molecule has 0 spiro atoms. The highest BCUT2D eigenvalue weighted by molar-refractivity contribution is 4.78. The molecule has 1 rings (SSSR count). The lowest BCUT2D eigenvalue weighted by Crippen LogP contribution is -2.52. The highest BCUT2D eigenvalue weighted by atomic mass is 15.2. The van der Waals surface area contributed by atoms with Gasteiger partial charge in [-0.15, -0.1) is 0 Å². The van der Waals surface area contributed by atoms with E-state index >= 15 is 0 Å². The number of likely N-dealkylation sites (N-methyl/N-ethyl adjacent to an activating group) is 1. The molecule has 1 unspecified atom stereocenters. The van der Waals surface area contributed by atoms with Gasteiger partial charge in [-0.25, -0.2) is 0 Å². The summed E-state index contributed by atoms with van der Waals surface area (Å²) in [6, 6.07) is 0.758. The van der Waals surface area contributed by atoms with Crippen molar-refractivity contribution in [3.05, 3.63) is 0 Å². The van der Waals surface area contributed by atoms with Crippen molar-refractivity contribution in [3.8, 4) is 0 Å². The molecule has 1 fully saturated rings. The Morgan fingerprint density at radius 2 is 2.23 bits per heavy atom. The van der Waals surface area contributed by atoms with Gasteiger partial charge in [-0.05, 0) is 20.5 Å². The molecule has 1 N–H and O–H groups in total. The van der Waals surface area contributed by atoms with E-state index in [4.69, 9.17) is 0 Å². The van der Waals surface area contributed by atoms with Gasteiger partial charge >= 0.3 is 0 Å². The molecule has 0 aromatic heterocycles. The first-order chi connectivity index (χ1) is 6.24. The Bertz CT molecular complexity index is 136. The van der Waals surface area contributed by atoms with E-state index < -0.39 is 0 Å². The second-order valence-electron chi connectivity index (χ2n) is 4.11. The lowest BCUT2D eigenvalue weighted by Gasteiger charge is -2.36. The largest absolute Gasteiger partial charge is 0.314 e. The predicted molar refractivity (Wildman–Crippen MR) is 57.1 cm³/mol. The molecule has 0 aromatic carbocycles. The summed E-state index contributed by atoms with van der Waals surface area (Å²) in [5, 5.41) is 3.45. The quantitative estimate of drug-likeness (QED) is 0.676. The van der Waals surface area contributed by atoms with E-state index in [1.165, 1.54) is 32.6 Å². The van der Waals surface area contributed by atoms with Crippen LogP contribution in [0.5, 0.6) is 0 Å². The molecule has 1 aliphatic heterocycles. The normalized spacial score (nSPS) is 25.4. The number of hydrogen-bond donors (Lipinski definition) is 1. The van der Waals surface area contributed by atoms with Crippen LogP contribution < -0.4 is 5.32 Å². The number of rotatable bonds is 4. The molecule has 78 valence electrons. The van der Waals surface area contributed by atoms with Gasteiger partial charge in [0.1, 0.15) is 0 Å². The monoisotopic (exact) mass is 185 g/mol. The van der Waals surface area contributed by atoms with Crippen molar-refractivity contribution in [2.45, 2.75) is 19.4 Å². The molecule has 3 nitrogen and oxygen atoms in total. The van der Waals surface area contributed by atoms with Gasteiger partial charge in [0.05, 0.1) is 0 Å². The van der Waals surface area contributed by atoms with Gasteiger partial charge in [0.2, 0.25) is 0 Å². The first-order valence-corrected chi connectivity index (χ1v) is 5.33. The van der Waals surface area contributed by atoms with Crippen molar-refractivity contribution in [2.75, 3.05) is 46.8 Å². The van der Waals surface area contributed by atoms with Gasteiger partial charge in [-0.2, -0.15) is 0 Å². The molecule has 0 aromatic rings. The Morgan fingerprint density at radius 3 is 2.85 bits per heavy atom. The summed E-state index contributed by atoms with van der Waals surface area (Å²) in [6.07, 6.45) is 1.26. The Morgan fingerprint density at radius 1 is 1.46 bits per heavy atom. The van der Waals surface area contributed by atoms with Crippen LogP contribution >= 0.6 is 0 Å². The third kappa shape index (κ3) is 3.63. The average Bonchev–Trinajstić information content (AvgIpc) is 2.15. The van der Waals surface area contributed by atoms with Crippen LogP contribution in [-0.2, 0) is 0 Å². The van der Waals surface area contributed by atoms with Gasteiger partial charge in [0.15, 0.2) is 0 Å². The lowest BCUT2D eigenvalue weighted by molar-refractivity contribution is 0.144. The van der Waals surface area contributed by atoms with E-state index in [0.29, 0.717) is 0 Å². The molecule has 1 aliphatic rings. The van der Waals surface area contributed by atoms with Crippen LogP contribution in [0.25, 0.3) is 0 Å². The van der Waals surface area contributed by atoms with Crippen LogP contribution in [0.1, 0.15) is 13.3 Å². The van der Waals surface area contributed by atoms with Crippen LogP contribution in [0.4, 0.5) is 0 Å². The predicted octanol–water partition coefficient (Wildman–Crippen LogP) is 0.232. The SMILES string of the molecule is CCC1CNCCN1CCN(C)C. The molecular formula is C10H23N3. The molecular weight excluding hydrogens is 162 g/mol. The van der Waals surface area contributed by atoms with Crippen LogP contribution in [0.3, 0.4) is 0 Å². The minimum absolute atomic E-state index is 0.758. The number of nitrogens with one attached hydrogen (secondary N) is 1. The zero-order valence-corrected chi connectivity index (χ0v) is 9.21. The van der Waals surface area contributed by atoms with Crippen molar-refractivity contribution >= 4 is 0 Å². The highest BCUT2D eigenvalue weighted by Gasteiger charge is 2.19. The Hall–Kier alpha value is -0.120. The Labute approximate surface area is 82.1 Å². The summed E-state index contributed by atoms with van der Waals surface area (Å²) in [5.74, 6) is 0. The Kier molecular flexibility index (Phi) is 4.70. The van der Waals surface area contributed by atoms with Crippen molar-refractivity contribution in [1.82, 2.24) is 15.1 Å². The fourth-order valence-electron chi connectivity index (χ4n) is 1.83. The summed E-state index contributed by atoms with van der Waals surface area (Å²) in [4.78, 5) is 4.87. The number of piperazine rings is 1. The van der Waals surface area contributed by atoms with E-state index in [9.17, 15) is 0 Å². The number of hydrogen-bond acceptors (Lipinski definition) is 3. The van der Waals surface area contributed by atoms with Crippen molar-refractivity contribution < 1.29 is 0 Å². The minimum Gasteiger partial charge on any atom is -0.314 e. The molecule has 13 heavy (non-hydrogen) atoms. The zero-order valence-electron chi connectivity index (χ0n) is 9.21. The van der Waals surface area contributed by atoms with E-state index in [2.05, 4.69) is 36.1 Å². The Balaban J connectivity index is 2.27. The van der Waals surface area contributed by atoms with Gasteiger partial charge in [-0.3, -0.25) is 4.90 Å². The third-order valence-corrected chi connectivity index (χ3v) is 2.78. The lowest BCUT2D eigenvalue weighted by atomic mass is 10.1. The minimum atomic E-state index is 0.758. The first-order valence-electron chi connectivity index (χ1n) is 5.33. The summed E-state index contributed by atoms with van der Waals surface area (Å²) in [6.45, 7) is 8.21. The van der Waals surface area contributed by atoms with Crippen LogP contribution in [0, 0.1) is 0 Å². The topological polar surface area (TPSA) is 18.5 Å². The molecule has 1 saturated heterocycles.